The van der Waals surface area contributed by atoms with E-state index in [1.807, 2.05) is 13.8 Å². The number of ether oxygens (including phenoxy) is 1. The molecule has 10 heteroatoms. The Kier molecular flexibility index (Phi) is 6.05. The van der Waals surface area contributed by atoms with Gasteiger partial charge >= 0.3 is 5.97 Å². The van der Waals surface area contributed by atoms with Crippen LogP contribution in [0.1, 0.15) is 59.2 Å². The monoisotopic (exact) mass is 409 g/mol. The van der Waals surface area contributed by atoms with E-state index in [1.54, 1.807) is 6.92 Å². The minimum atomic E-state index is -0.405. The normalized spacial score (nSPS) is 13.6. The summed E-state index contributed by atoms with van der Waals surface area (Å²) in [6.07, 6.45) is 2.85. The molecule has 3 rings (SSSR count). The van der Waals surface area contributed by atoms with Crippen LogP contribution in [-0.4, -0.2) is 39.1 Å². The number of hydrogen-bond acceptors (Lipinski definition) is 8. The van der Waals surface area contributed by atoms with Crippen LogP contribution in [0.15, 0.2) is 5.16 Å². The Labute approximate surface area is 165 Å². The van der Waals surface area contributed by atoms with Crippen LogP contribution in [-0.2, 0) is 16.0 Å². The van der Waals surface area contributed by atoms with Crippen molar-refractivity contribution in [3.8, 4) is 0 Å². The van der Waals surface area contributed by atoms with Gasteiger partial charge < -0.3 is 15.9 Å². The number of carbonyl (C=O) groups excluding carboxylic acids is 2. The Hall–Kier alpha value is -2.07. The molecule has 2 aromatic heterocycles. The number of rotatable bonds is 8. The number of thiophene rings is 1. The Balaban J connectivity index is 1.68. The van der Waals surface area contributed by atoms with E-state index in [1.165, 1.54) is 27.8 Å². The molecule has 0 aliphatic heterocycles. The van der Waals surface area contributed by atoms with Crippen molar-refractivity contribution in [3.63, 3.8) is 0 Å². The summed E-state index contributed by atoms with van der Waals surface area (Å²) in [4.78, 5) is 25.7. The van der Waals surface area contributed by atoms with E-state index < -0.39 is 5.97 Å². The minimum Gasteiger partial charge on any atom is -0.462 e. The molecule has 1 amide bonds. The van der Waals surface area contributed by atoms with Crippen LogP contribution in [0.25, 0.3) is 0 Å². The number of nitrogens with zero attached hydrogens (tertiary/aromatic N) is 3. The molecule has 0 atom stereocenters. The van der Waals surface area contributed by atoms with E-state index in [0.717, 1.165) is 29.1 Å². The molecule has 1 aliphatic rings. The number of amides is 1. The van der Waals surface area contributed by atoms with E-state index in [4.69, 9.17) is 10.6 Å². The average molecular weight is 410 g/mol. The molecule has 0 radical (unpaired) electrons. The maximum Gasteiger partial charge on any atom is 0.341 e. The Morgan fingerprint density at radius 2 is 2.11 bits per heavy atom. The smallest absolute Gasteiger partial charge is 0.341 e. The first kappa shape index (κ1) is 19.7. The van der Waals surface area contributed by atoms with Gasteiger partial charge in [-0.3, -0.25) is 4.79 Å². The van der Waals surface area contributed by atoms with Crippen molar-refractivity contribution < 1.29 is 14.3 Å². The molecule has 0 spiro atoms. The minimum absolute atomic E-state index is 0.126. The fraction of sp³-hybridized carbons (Fsp3) is 0.529. The van der Waals surface area contributed by atoms with Gasteiger partial charge in [0.2, 0.25) is 11.1 Å². The summed E-state index contributed by atoms with van der Waals surface area (Å²) >= 11 is 2.61. The first-order chi connectivity index (χ1) is 13.0. The van der Waals surface area contributed by atoms with Crippen molar-refractivity contribution >= 4 is 40.0 Å². The molecule has 8 nitrogen and oxygen atoms in total. The number of hydrogen-bond donors (Lipinski definition) is 2. The Bertz CT molecular complexity index is 857. The zero-order valence-corrected chi connectivity index (χ0v) is 17.2. The highest BCUT2D eigenvalue weighted by molar-refractivity contribution is 7.99. The molecule has 1 aliphatic carbocycles. The van der Waals surface area contributed by atoms with Gasteiger partial charge in [-0.05, 0) is 38.7 Å². The number of nitrogens with two attached hydrogens (primary N) is 1. The average Bonchev–Trinajstić information content (AvgIpc) is 3.33. The van der Waals surface area contributed by atoms with Gasteiger partial charge in [0.25, 0.3) is 0 Å². The molecular formula is C17H23N5O3S2. The van der Waals surface area contributed by atoms with Gasteiger partial charge in [0.05, 0.1) is 17.9 Å². The summed E-state index contributed by atoms with van der Waals surface area (Å²) in [5.74, 6) is 6.65. The third-order valence-electron chi connectivity index (χ3n) is 4.26. The largest absolute Gasteiger partial charge is 0.462 e. The summed E-state index contributed by atoms with van der Waals surface area (Å²) in [5.41, 5.74) is 1.37. The number of nitrogens with one attached hydrogen (secondary N) is 1. The SMILES string of the molecule is CCOC(=O)c1c(NC(=O)CSc2nnc(C3CC3)n2N)sc(C)c1CC. The number of anilines is 1. The third-order valence-corrected chi connectivity index (χ3v) is 6.27. The molecule has 0 bridgehead atoms. The number of aromatic nitrogens is 3. The van der Waals surface area contributed by atoms with Crippen molar-refractivity contribution in [2.24, 2.45) is 0 Å². The molecule has 3 N–H and O–H groups in total. The molecule has 1 fully saturated rings. The highest BCUT2D eigenvalue weighted by Crippen LogP contribution is 2.39. The van der Waals surface area contributed by atoms with Crippen molar-refractivity contribution in [2.75, 3.05) is 23.5 Å². The van der Waals surface area contributed by atoms with Crippen LogP contribution < -0.4 is 11.2 Å². The molecular weight excluding hydrogens is 386 g/mol. The van der Waals surface area contributed by atoms with Crippen LogP contribution in [0, 0.1) is 6.92 Å². The molecule has 2 aromatic rings. The van der Waals surface area contributed by atoms with Gasteiger partial charge in [-0.2, -0.15) is 0 Å². The highest BCUT2D eigenvalue weighted by atomic mass is 32.2. The van der Waals surface area contributed by atoms with E-state index in [2.05, 4.69) is 15.5 Å². The summed E-state index contributed by atoms with van der Waals surface area (Å²) in [6, 6.07) is 0. The van der Waals surface area contributed by atoms with Crippen LogP contribution in [0.2, 0.25) is 0 Å². The predicted molar refractivity (Wildman–Crippen MR) is 106 cm³/mol. The number of thioether (sulfide) groups is 1. The standard InChI is InChI=1S/C17H23N5O3S2/c1-4-11-9(3)27-15(13(11)16(24)25-5-2)19-12(23)8-26-17-21-20-14(22(17)18)10-6-7-10/h10H,4-8,18H2,1-3H3,(H,19,23). The van der Waals surface area contributed by atoms with Crippen LogP contribution in [0.5, 0.6) is 0 Å². The lowest BCUT2D eigenvalue weighted by atomic mass is 10.1. The van der Waals surface area contributed by atoms with E-state index in [-0.39, 0.29) is 18.3 Å². The zero-order chi connectivity index (χ0) is 19.6. The van der Waals surface area contributed by atoms with Crippen molar-refractivity contribution in [3.05, 3.63) is 21.8 Å². The topological polar surface area (TPSA) is 112 Å². The van der Waals surface area contributed by atoms with E-state index in [0.29, 0.717) is 28.1 Å². The van der Waals surface area contributed by atoms with Crippen molar-refractivity contribution in [2.45, 2.75) is 51.1 Å². The van der Waals surface area contributed by atoms with Gasteiger partial charge in [-0.1, -0.05) is 18.7 Å². The fourth-order valence-corrected chi connectivity index (χ4v) is 4.62. The van der Waals surface area contributed by atoms with Gasteiger partial charge in [0.15, 0.2) is 5.82 Å². The maximum absolute atomic E-state index is 12.4. The number of aryl methyl sites for hydroxylation is 1. The first-order valence-electron chi connectivity index (χ1n) is 8.88. The van der Waals surface area contributed by atoms with Gasteiger partial charge in [-0.15, -0.1) is 21.5 Å². The number of carbonyl (C=O) groups is 2. The Morgan fingerprint density at radius 3 is 2.74 bits per heavy atom. The highest BCUT2D eigenvalue weighted by Gasteiger charge is 2.30. The molecule has 27 heavy (non-hydrogen) atoms. The van der Waals surface area contributed by atoms with Gasteiger partial charge in [-0.25, -0.2) is 9.47 Å². The quantitative estimate of drug-likeness (QED) is 0.391. The Morgan fingerprint density at radius 1 is 1.37 bits per heavy atom. The number of esters is 1. The third kappa shape index (κ3) is 4.27. The zero-order valence-electron chi connectivity index (χ0n) is 15.6. The van der Waals surface area contributed by atoms with Crippen molar-refractivity contribution in [1.82, 2.24) is 14.9 Å². The summed E-state index contributed by atoms with van der Waals surface area (Å²) in [5, 5.41) is 12.0. The van der Waals surface area contributed by atoms with Crippen molar-refractivity contribution in [1.29, 1.82) is 0 Å². The van der Waals surface area contributed by atoms with Crippen LogP contribution >= 0.6 is 23.1 Å². The molecule has 0 unspecified atom stereocenters. The second-order valence-corrected chi connectivity index (χ2v) is 8.40. The number of nitrogen functional groups attached to an aromatic ring is 1. The second-order valence-electron chi connectivity index (χ2n) is 6.24. The fourth-order valence-electron chi connectivity index (χ4n) is 2.81. The maximum atomic E-state index is 12.4. The molecule has 0 aromatic carbocycles. The predicted octanol–water partition coefficient (Wildman–Crippen LogP) is 2.71. The van der Waals surface area contributed by atoms with Gasteiger partial charge in [0, 0.05) is 10.8 Å². The lowest BCUT2D eigenvalue weighted by Crippen LogP contribution is -2.18. The van der Waals surface area contributed by atoms with Crippen LogP contribution in [0.3, 0.4) is 0 Å². The summed E-state index contributed by atoms with van der Waals surface area (Å²) < 4.78 is 6.62. The molecule has 146 valence electrons. The lowest BCUT2D eigenvalue weighted by Gasteiger charge is -2.08. The molecule has 1 saturated carbocycles. The van der Waals surface area contributed by atoms with E-state index >= 15 is 0 Å². The van der Waals surface area contributed by atoms with Gasteiger partial charge in [0.1, 0.15) is 5.00 Å². The van der Waals surface area contributed by atoms with E-state index in [9.17, 15) is 9.59 Å². The molecule has 0 saturated heterocycles. The molecule has 2 heterocycles. The summed E-state index contributed by atoms with van der Waals surface area (Å²) in [6.45, 7) is 5.96. The lowest BCUT2D eigenvalue weighted by molar-refractivity contribution is -0.113. The summed E-state index contributed by atoms with van der Waals surface area (Å²) in [7, 11) is 0. The first-order valence-corrected chi connectivity index (χ1v) is 10.7. The second kappa shape index (κ2) is 8.30. The van der Waals surface area contributed by atoms with Crippen LogP contribution in [0.4, 0.5) is 5.00 Å².